The van der Waals surface area contributed by atoms with E-state index < -0.39 is 0 Å². The summed E-state index contributed by atoms with van der Waals surface area (Å²) in [6.45, 7) is 12.6. The van der Waals surface area contributed by atoms with Crippen molar-refractivity contribution < 1.29 is 14.7 Å². The van der Waals surface area contributed by atoms with Crippen LogP contribution in [0.2, 0.25) is 10.0 Å². The Kier molecular flexibility index (Phi) is 19.6. The van der Waals surface area contributed by atoms with Crippen molar-refractivity contribution in [1.29, 1.82) is 0 Å². The van der Waals surface area contributed by atoms with E-state index in [-0.39, 0.29) is 11.9 Å². The van der Waals surface area contributed by atoms with Gasteiger partial charge in [0.1, 0.15) is 6.79 Å². The van der Waals surface area contributed by atoms with Crippen LogP contribution in [0.3, 0.4) is 0 Å². The first-order valence-electron chi connectivity index (χ1n) is 12.4. The predicted molar refractivity (Wildman–Crippen MR) is 156 cm³/mol. The lowest BCUT2D eigenvalue weighted by atomic mass is 9.89. The molecule has 0 aromatic heterocycles. The van der Waals surface area contributed by atoms with Crippen LogP contribution in [0.15, 0.2) is 42.5 Å². The number of aliphatic hydroxyl groups is 1. The number of nitrogens with one attached hydrogen (secondary N) is 1. The molecule has 5 nitrogen and oxygen atoms in total. The van der Waals surface area contributed by atoms with Crippen LogP contribution in [-0.4, -0.2) is 54.1 Å². The highest BCUT2D eigenvalue weighted by molar-refractivity contribution is 7.97. The number of piperidine rings is 1. The molecule has 1 fully saturated rings. The van der Waals surface area contributed by atoms with Crippen LogP contribution in [0.4, 0.5) is 0 Å². The van der Waals surface area contributed by atoms with E-state index in [1.807, 2.05) is 39.5 Å². The first-order chi connectivity index (χ1) is 17.5. The maximum Gasteiger partial charge on any atom is 0.254 e. The zero-order chi connectivity index (χ0) is 27.5. The van der Waals surface area contributed by atoms with E-state index in [1.54, 1.807) is 18.2 Å². The second-order valence-electron chi connectivity index (χ2n) is 7.95. The highest BCUT2D eigenvalue weighted by Crippen LogP contribution is 2.31. The number of rotatable bonds is 8. The van der Waals surface area contributed by atoms with Gasteiger partial charge in [-0.15, -0.1) is 0 Å². The fourth-order valence-electron chi connectivity index (χ4n) is 3.88. The Bertz CT molecular complexity index is 840. The molecule has 0 spiro atoms. The van der Waals surface area contributed by atoms with Crippen LogP contribution >= 0.6 is 35.1 Å². The van der Waals surface area contributed by atoms with Gasteiger partial charge in [0.25, 0.3) is 5.91 Å². The molecule has 0 saturated carbocycles. The Morgan fingerprint density at radius 3 is 2.11 bits per heavy atom. The number of aliphatic hydroxyl groups excluding tert-OH is 1. The number of hydrogen-bond acceptors (Lipinski definition) is 5. The minimum atomic E-state index is -0.234. The molecule has 1 aliphatic rings. The van der Waals surface area contributed by atoms with E-state index >= 15 is 0 Å². The quantitative estimate of drug-likeness (QED) is 0.341. The molecule has 1 atom stereocenters. The molecule has 0 aliphatic carbocycles. The maximum absolute atomic E-state index is 12.6. The fourth-order valence-corrected chi connectivity index (χ4v) is 5.36. The highest BCUT2D eigenvalue weighted by Gasteiger charge is 2.21. The molecule has 0 bridgehead atoms. The van der Waals surface area contributed by atoms with Crippen molar-refractivity contribution in [1.82, 2.24) is 9.62 Å². The Hall–Kier alpha value is -1.57. The van der Waals surface area contributed by atoms with Crippen LogP contribution in [0, 0.1) is 0 Å². The molecule has 1 aliphatic heterocycles. The van der Waals surface area contributed by atoms with Gasteiger partial charge in [0.15, 0.2) is 0 Å². The molecule has 3 rings (SSSR count). The molecule has 2 aromatic rings. The summed E-state index contributed by atoms with van der Waals surface area (Å²) in [6, 6.07) is 14.0. The zero-order valence-electron chi connectivity index (χ0n) is 22.2. The molecule has 202 valence electrons. The van der Waals surface area contributed by atoms with Crippen molar-refractivity contribution in [3.8, 4) is 0 Å². The molecule has 0 radical (unpaired) electrons. The SMILES string of the molecule is C=O.CC.CCCSN1CCC(c2ccc(CC(C)NC(=O)c3c(Cl)cccc3Cl)cc2)CC1.CO. The lowest BCUT2D eigenvalue weighted by molar-refractivity contribution is -0.0980. The van der Waals surface area contributed by atoms with Gasteiger partial charge in [-0.25, -0.2) is 0 Å². The minimum Gasteiger partial charge on any atom is -0.400 e. The van der Waals surface area contributed by atoms with Crippen molar-refractivity contribution >= 4 is 47.8 Å². The molecule has 1 saturated heterocycles. The van der Waals surface area contributed by atoms with Gasteiger partial charge in [0.05, 0.1) is 15.6 Å². The number of carbonyl (C=O) groups excluding carboxylic acids is 2. The van der Waals surface area contributed by atoms with Crippen molar-refractivity contribution in [3.63, 3.8) is 0 Å². The van der Waals surface area contributed by atoms with Gasteiger partial charge >= 0.3 is 0 Å². The molecule has 1 amide bonds. The summed E-state index contributed by atoms with van der Waals surface area (Å²) in [5.41, 5.74) is 2.98. The number of halogens is 2. The van der Waals surface area contributed by atoms with Crippen molar-refractivity contribution in [2.45, 2.75) is 65.3 Å². The molecule has 8 heteroatoms. The lowest BCUT2D eigenvalue weighted by Crippen LogP contribution is -2.34. The number of benzene rings is 2. The second-order valence-corrected chi connectivity index (χ2v) is 9.95. The maximum atomic E-state index is 12.6. The smallest absolute Gasteiger partial charge is 0.254 e. The Morgan fingerprint density at radius 1 is 1.08 bits per heavy atom. The standard InChI is InChI=1S/C24H30Cl2N2OS.C2H6.CH4O.CH2O/c1-3-15-30-28-13-11-20(12-14-28)19-9-7-18(8-10-19)16-17(2)27-24(29)23-21(25)5-4-6-22(23)26;3*1-2/h4-10,17,20H,3,11-16H2,1-2H3,(H,27,29);1-2H3;2H,1H3;1H2. The summed E-state index contributed by atoms with van der Waals surface area (Å²) >= 11 is 14.3. The zero-order valence-corrected chi connectivity index (χ0v) is 24.6. The van der Waals surface area contributed by atoms with E-state index in [2.05, 4.69) is 40.8 Å². The van der Waals surface area contributed by atoms with Gasteiger partial charge in [-0.1, -0.05) is 86.3 Å². The summed E-state index contributed by atoms with van der Waals surface area (Å²) in [7, 11) is 1.00. The predicted octanol–water partition coefficient (Wildman–Crippen LogP) is 7.04. The van der Waals surface area contributed by atoms with Crippen molar-refractivity contribution in [3.05, 3.63) is 69.2 Å². The number of carbonyl (C=O) groups is 2. The van der Waals surface area contributed by atoms with Gasteiger partial charge in [-0.3, -0.25) is 9.10 Å². The van der Waals surface area contributed by atoms with E-state index in [0.717, 1.165) is 13.5 Å². The topological polar surface area (TPSA) is 69.6 Å². The fraction of sp³-hybridized carbons (Fsp3) is 0.500. The molecule has 2 aromatic carbocycles. The summed E-state index contributed by atoms with van der Waals surface area (Å²) in [5.74, 6) is 1.64. The van der Waals surface area contributed by atoms with Gasteiger partial charge < -0.3 is 15.2 Å². The average Bonchev–Trinajstić information content (AvgIpc) is 2.91. The van der Waals surface area contributed by atoms with Crippen LogP contribution < -0.4 is 5.32 Å². The van der Waals surface area contributed by atoms with Crippen molar-refractivity contribution in [2.24, 2.45) is 0 Å². The molecular formula is C28H42Cl2N2O3S. The van der Waals surface area contributed by atoms with Crippen LogP contribution in [0.1, 0.15) is 74.4 Å². The van der Waals surface area contributed by atoms with E-state index in [9.17, 15) is 4.79 Å². The van der Waals surface area contributed by atoms with Gasteiger partial charge in [0.2, 0.25) is 0 Å². The van der Waals surface area contributed by atoms with E-state index in [0.29, 0.717) is 21.5 Å². The Morgan fingerprint density at radius 2 is 1.61 bits per heavy atom. The summed E-state index contributed by atoms with van der Waals surface area (Å²) in [4.78, 5) is 20.6. The number of nitrogens with zero attached hydrogens (tertiary/aromatic N) is 1. The number of hydrogen-bond donors (Lipinski definition) is 2. The first kappa shape index (κ1) is 34.4. The first-order valence-corrected chi connectivity index (χ1v) is 14.1. The number of amides is 1. The minimum absolute atomic E-state index is 0.0190. The average molecular weight is 558 g/mol. The third-order valence-corrected chi connectivity index (χ3v) is 7.44. The van der Waals surface area contributed by atoms with E-state index in [4.69, 9.17) is 33.1 Å². The van der Waals surface area contributed by atoms with Gasteiger partial charge in [-0.05, 0) is 61.8 Å². The van der Waals surface area contributed by atoms with E-state index in [1.165, 1.54) is 49.2 Å². The normalized spacial score (nSPS) is 14.1. The van der Waals surface area contributed by atoms with Crippen LogP contribution in [0.25, 0.3) is 0 Å². The summed E-state index contributed by atoms with van der Waals surface area (Å²) < 4.78 is 2.52. The second kappa shape index (κ2) is 20.5. The molecule has 1 heterocycles. The monoisotopic (exact) mass is 556 g/mol. The molecule has 2 N–H and O–H groups in total. The lowest BCUT2D eigenvalue weighted by Gasteiger charge is -2.31. The van der Waals surface area contributed by atoms with Gasteiger partial charge in [-0.2, -0.15) is 0 Å². The van der Waals surface area contributed by atoms with Crippen molar-refractivity contribution in [2.75, 3.05) is 26.0 Å². The summed E-state index contributed by atoms with van der Waals surface area (Å²) in [6.07, 6.45) is 4.44. The molecule has 1 unspecified atom stereocenters. The highest BCUT2D eigenvalue weighted by atomic mass is 35.5. The third-order valence-electron chi connectivity index (χ3n) is 5.49. The van der Waals surface area contributed by atoms with Crippen LogP contribution in [-0.2, 0) is 11.2 Å². The molecule has 36 heavy (non-hydrogen) atoms. The molecular weight excluding hydrogens is 515 g/mol. The van der Waals surface area contributed by atoms with Gasteiger partial charge in [0, 0.05) is 32.0 Å². The Labute approximate surface area is 232 Å². The largest absolute Gasteiger partial charge is 0.400 e. The Balaban J connectivity index is 0.00000190. The summed E-state index contributed by atoms with van der Waals surface area (Å²) in [5, 5.41) is 10.8. The third kappa shape index (κ3) is 11.7. The van der Waals surface area contributed by atoms with Crippen LogP contribution in [0.5, 0.6) is 0 Å².